The monoisotopic (exact) mass is 365 g/mol. The third-order valence-electron chi connectivity index (χ3n) is 4.56. The second kappa shape index (κ2) is 6.69. The van der Waals surface area contributed by atoms with Crippen LogP contribution in [0.25, 0.3) is 10.2 Å². The molecule has 1 aliphatic heterocycles. The molecule has 0 radical (unpaired) electrons. The summed E-state index contributed by atoms with van der Waals surface area (Å²) in [4.78, 5) is 21.4. The molecule has 4 rings (SSSR count). The smallest absolute Gasteiger partial charge is 0.289 e. The molecule has 1 aromatic carbocycles. The Hall–Kier alpha value is -3.05. The predicted molar refractivity (Wildman–Crippen MR) is 99.4 cm³/mol. The fourth-order valence-corrected chi connectivity index (χ4v) is 4.41. The molecule has 1 atom stereocenters. The minimum atomic E-state index is -0.530. The molecular weight excluding hydrogens is 350 g/mol. The van der Waals surface area contributed by atoms with Crippen molar-refractivity contribution in [2.75, 3.05) is 18.0 Å². The Morgan fingerprint density at radius 2 is 2.23 bits per heavy atom. The molecule has 130 valence electrons. The molecule has 0 spiro atoms. The van der Waals surface area contributed by atoms with E-state index in [0.717, 1.165) is 29.9 Å². The number of hydrogen-bond donors (Lipinski definition) is 0. The summed E-state index contributed by atoms with van der Waals surface area (Å²) < 4.78 is 1.17. The summed E-state index contributed by atoms with van der Waals surface area (Å²) in [5, 5.41) is 21.4. The highest BCUT2D eigenvalue weighted by molar-refractivity contribution is 7.18. The van der Waals surface area contributed by atoms with E-state index >= 15 is 0 Å². The molecule has 8 heteroatoms. The molecule has 0 saturated carbocycles. The highest BCUT2D eigenvalue weighted by atomic mass is 32.1. The highest BCUT2D eigenvalue weighted by Crippen LogP contribution is 2.35. The van der Waals surface area contributed by atoms with Gasteiger partial charge in [-0.25, -0.2) is 9.97 Å². The van der Waals surface area contributed by atoms with Gasteiger partial charge in [-0.3, -0.25) is 10.1 Å². The second-order valence-electron chi connectivity index (χ2n) is 6.24. The molecular formula is C18H15N5O2S. The average molecular weight is 365 g/mol. The van der Waals surface area contributed by atoms with Crippen molar-refractivity contribution in [3.8, 4) is 6.07 Å². The van der Waals surface area contributed by atoms with Crippen molar-refractivity contribution in [3.05, 3.63) is 57.2 Å². The van der Waals surface area contributed by atoms with E-state index in [1.807, 2.05) is 29.2 Å². The van der Waals surface area contributed by atoms with Gasteiger partial charge in [-0.2, -0.15) is 5.26 Å². The van der Waals surface area contributed by atoms with E-state index in [0.29, 0.717) is 12.4 Å². The minimum Gasteiger partial charge on any atom is -0.355 e. The van der Waals surface area contributed by atoms with Crippen molar-refractivity contribution in [1.29, 1.82) is 5.26 Å². The normalized spacial score (nSPS) is 17.2. The van der Waals surface area contributed by atoms with Crippen molar-refractivity contribution in [1.82, 2.24) is 9.97 Å². The van der Waals surface area contributed by atoms with Crippen molar-refractivity contribution in [2.45, 2.75) is 18.8 Å². The Bertz CT molecular complexity index is 993. The molecule has 1 fully saturated rings. The van der Waals surface area contributed by atoms with Gasteiger partial charge in [0.1, 0.15) is 23.6 Å². The number of aromatic nitrogens is 2. The van der Waals surface area contributed by atoms with E-state index in [-0.39, 0.29) is 17.2 Å². The lowest BCUT2D eigenvalue weighted by Gasteiger charge is -2.33. The summed E-state index contributed by atoms with van der Waals surface area (Å²) in [6.07, 6.45) is 3.22. The number of benzene rings is 1. The molecule has 0 amide bonds. The first-order chi connectivity index (χ1) is 12.7. The summed E-state index contributed by atoms with van der Waals surface area (Å²) in [6, 6.07) is 11.4. The Balaban J connectivity index is 1.62. The van der Waals surface area contributed by atoms with Crippen LogP contribution in [0.4, 0.5) is 11.5 Å². The van der Waals surface area contributed by atoms with Crippen LogP contribution in [0.15, 0.2) is 36.5 Å². The van der Waals surface area contributed by atoms with E-state index in [1.165, 1.54) is 17.0 Å². The molecule has 3 heterocycles. The number of pyridine rings is 1. The summed E-state index contributed by atoms with van der Waals surface area (Å²) >= 11 is 1.70. The number of rotatable bonds is 3. The zero-order valence-electron chi connectivity index (χ0n) is 13.8. The lowest BCUT2D eigenvalue weighted by atomic mass is 9.98. The zero-order chi connectivity index (χ0) is 18.1. The molecule has 7 nitrogen and oxygen atoms in total. The first kappa shape index (κ1) is 16.4. The largest absolute Gasteiger partial charge is 0.355 e. The summed E-state index contributed by atoms with van der Waals surface area (Å²) in [5.74, 6) is 0.786. The Morgan fingerprint density at radius 1 is 1.38 bits per heavy atom. The number of anilines is 1. The van der Waals surface area contributed by atoms with Gasteiger partial charge in [0.05, 0.1) is 20.1 Å². The molecule has 26 heavy (non-hydrogen) atoms. The van der Waals surface area contributed by atoms with Crippen molar-refractivity contribution < 1.29 is 4.92 Å². The maximum Gasteiger partial charge on any atom is 0.289 e. The number of hydrogen-bond acceptors (Lipinski definition) is 7. The summed E-state index contributed by atoms with van der Waals surface area (Å²) in [6.45, 7) is 1.49. The van der Waals surface area contributed by atoms with Crippen LogP contribution in [0, 0.1) is 21.4 Å². The first-order valence-electron chi connectivity index (χ1n) is 8.30. The fourth-order valence-electron chi connectivity index (χ4n) is 3.32. The molecule has 0 aliphatic carbocycles. The van der Waals surface area contributed by atoms with Gasteiger partial charge < -0.3 is 4.90 Å². The van der Waals surface area contributed by atoms with Gasteiger partial charge in [-0.05, 0) is 25.0 Å². The molecule has 1 aliphatic rings. The maximum atomic E-state index is 10.9. The number of piperidine rings is 1. The van der Waals surface area contributed by atoms with Crippen LogP contribution in [0.3, 0.4) is 0 Å². The van der Waals surface area contributed by atoms with E-state index < -0.39 is 4.92 Å². The van der Waals surface area contributed by atoms with E-state index in [4.69, 9.17) is 4.98 Å². The van der Waals surface area contributed by atoms with Gasteiger partial charge in [0.25, 0.3) is 5.69 Å². The topological polar surface area (TPSA) is 95.9 Å². The standard InChI is InChI=1S/C18H15N5O2S/c19-9-13-8-14(23(24)25)10-20-17(13)22-7-3-4-12(11-22)18-21-15-5-1-2-6-16(15)26-18/h1-2,5-6,8,10,12H,3-4,7,11H2/t12-/m1/s1. The van der Waals surface area contributed by atoms with Gasteiger partial charge >= 0.3 is 0 Å². The molecule has 2 aromatic heterocycles. The number of fused-ring (bicyclic) bond motifs is 1. The zero-order valence-corrected chi connectivity index (χ0v) is 14.6. The van der Waals surface area contributed by atoms with Gasteiger partial charge in [0, 0.05) is 25.1 Å². The SMILES string of the molecule is N#Cc1cc([N+](=O)[O-])cnc1N1CCC[C@@H](c2nc3ccccc3s2)C1. The second-order valence-corrected chi connectivity index (χ2v) is 7.30. The van der Waals surface area contributed by atoms with Crippen LogP contribution in [0.2, 0.25) is 0 Å². The first-order valence-corrected chi connectivity index (χ1v) is 9.12. The van der Waals surface area contributed by atoms with Gasteiger partial charge in [0.15, 0.2) is 0 Å². The summed E-state index contributed by atoms with van der Waals surface area (Å²) in [7, 11) is 0. The number of nitro groups is 1. The third-order valence-corrected chi connectivity index (χ3v) is 5.76. The van der Waals surface area contributed by atoms with Crippen LogP contribution in [-0.2, 0) is 0 Å². The van der Waals surface area contributed by atoms with Crippen LogP contribution < -0.4 is 4.90 Å². The lowest BCUT2D eigenvalue weighted by Crippen LogP contribution is -2.35. The van der Waals surface area contributed by atoms with Crippen LogP contribution >= 0.6 is 11.3 Å². The number of nitriles is 1. The maximum absolute atomic E-state index is 10.9. The molecule has 0 unspecified atom stereocenters. The average Bonchev–Trinajstić information content (AvgIpc) is 3.12. The van der Waals surface area contributed by atoms with Crippen LogP contribution in [0.5, 0.6) is 0 Å². The Kier molecular flexibility index (Phi) is 4.22. The van der Waals surface area contributed by atoms with Crippen LogP contribution in [0.1, 0.15) is 29.3 Å². The van der Waals surface area contributed by atoms with E-state index in [9.17, 15) is 15.4 Å². The van der Waals surface area contributed by atoms with Gasteiger partial charge in [-0.15, -0.1) is 11.3 Å². The van der Waals surface area contributed by atoms with E-state index in [2.05, 4.69) is 11.1 Å². The molecule has 0 bridgehead atoms. The third kappa shape index (κ3) is 2.97. The van der Waals surface area contributed by atoms with Crippen LogP contribution in [-0.4, -0.2) is 28.0 Å². The lowest BCUT2D eigenvalue weighted by molar-refractivity contribution is -0.385. The number of para-hydroxylation sites is 1. The van der Waals surface area contributed by atoms with Gasteiger partial charge in [0.2, 0.25) is 0 Å². The molecule has 3 aromatic rings. The molecule has 0 N–H and O–H groups in total. The van der Waals surface area contributed by atoms with E-state index in [1.54, 1.807) is 11.3 Å². The van der Waals surface area contributed by atoms with Crippen molar-refractivity contribution in [3.63, 3.8) is 0 Å². The van der Waals surface area contributed by atoms with Crippen molar-refractivity contribution >= 4 is 33.1 Å². The highest BCUT2D eigenvalue weighted by Gasteiger charge is 2.27. The Labute approximate surface area is 153 Å². The number of nitrogens with zero attached hydrogens (tertiary/aromatic N) is 5. The minimum absolute atomic E-state index is 0.162. The Morgan fingerprint density at radius 3 is 3.00 bits per heavy atom. The summed E-state index contributed by atoms with van der Waals surface area (Å²) in [5.41, 5.74) is 1.09. The van der Waals surface area contributed by atoms with Crippen molar-refractivity contribution in [2.24, 2.45) is 0 Å². The van der Waals surface area contributed by atoms with Gasteiger partial charge in [-0.1, -0.05) is 12.1 Å². The molecule has 1 saturated heterocycles. The number of thiazole rings is 1. The predicted octanol–water partition coefficient (Wildman–Crippen LogP) is 3.86. The quantitative estimate of drug-likeness (QED) is 0.516. The fraction of sp³-hybridized carbons (Fsp3) is 0.278.